The highest BCUT2D eigenvalue weighted by Gasteiger charge is 2.26. The summed E-state index contributed by atoms with van der Waals surface area (Å²) in [5.74, 6) is -0.304. The molecule has 0 aliphatic rings. The second kappa shape index (κ2) is 46.0. The number of hydrogen-bond donors (Lipinski definition) is 1. The number of phosphoric ester groups is 1. The summed E-state index contributed by atoms with van der Waals surface area (Å²) < 4.78 is 35.2. The van der Waals surface area contributed by atoms with Crippen molar-refractivity contribution >= 4 is 13.8 Å². The van der Waals surface area contributed by atoms with E-state index >= 15 is 0 Å². The first-order chi connectivity index (χ1) is 29.6. The Morgan fingerprint density at radius 1 is 0.443 bits per heavy atom. The Bertz CT molecular complexity index is 945. The van der Waals surface area contributed by atoms with Gasteiger partial charge in [-0.25, -0.2) is 4.57 Å². The van der Waals surface area contributed by atoms with Crippen LogP contribution in [-0.2, 0) is 27.9 Å². The van der Waals surface area contributed by atoms with Gasteiger partial charge in [-0.3, -0.25) is 13.8 Å². The predicted molar refractivity (Wildman–Crippen MR) is 261 cm³/mol. The molecule has 2 unspecified atom stereocenters. The summed E-state index contributed by atoms with van der Waals surface area (Å²) in [4.78, 5) is 23.0. The van der Waals surface area contributed by atoms with Gasteiger partial charge < -0.3 is 18.9 Å². The molecule has 0 aromatic rings. The number of unbranched alkanes of at least 4 members (excludes halogenated alkanes) is 37. The molecule has 0 fully saturated rings. The standard InChI is InChI=1S/C52H106NO7P/c1-6-8-10-12-14-16-18-20-22-24-25-26-27-28-29-30-31-33-35-37-39-41-43-45-52(54)60-51(50-59-61(55,56)58-48-46-53(3,4)5)49-57-47-44-42-40-38-36-34-32-23-21-19-17-15-13-11-9-7-2/h51H,6-50H2,1-5H3/p+1. The third-order valence-electron chi connectivity index (χ3n) is 12.2. The van der Waals surface area contributed by atoms with Crippen molar-refractivity contribution in [1.82, 2.24) is 0 Å². The van der Waals surface area contributed by atoms with Crippen LogP contribution < -0.4 is 0 Å². The van der Waals surface area contributed by atoms with E-state index in [1.54, 1.807) is 0 Å². The van der Waals surface area contributed by atoms with E-state index in [1.165, 1.54) is 218 Å². The number of carbonyl (C=O) groups is 1. The minimum absolute atomic E-state index is 0.0943. The molecule has 61 heavy (non-hydrogen) atoms. The van der Waals surface area contributed by atoms with Crippen molar-refractivity contribution in [1.29, 1.82) is 0 Å². The van der Waals surface area contributed by atoms with Crippen LogP contribution in [0, 0.1) is 0 Å². The van der Waals surface area contributed by atoms with Gasteiger partial charge in [0.05, 0.1) is 34.4 Å². The molecule has 2 atom stereocenters. The summed E-state index contributed by atoms with van der Waals surface area (Å²) in [6.45, 7) is 5.71. The Hall–Kier alpha value is -0.500. The highest BCUT2D eigenvalue weighted by Crippen LogP contribution is 2.43. The summed E-state index contributed by atoms with van der Waals surface area (Å²) in [6, 6.07) is 0. The lowest BCUT2D eigenvalue weighted by atomic mass is 10.0. The van der Waals surface area contributed by atoms with Gasteiger partial charge in [0.2, 0.25) is 0 Å². The average molecular weight is 889 g/mol. The summed E-state index contributed by atoms with van der Waals surface area (Å²) in [6.07, 6.45) is 51.5. The summed E-state index contributed by atoms with van der Waals surface area (Å²) in [5, 5.41) is 0. The lowest BCUT2D eigenvalue weighted by Gasteiger charge is -2.24. The van der Waals surface area contributed by atoms with Gasteiger partial charge in [0.1, 0.15) is 19.3 Å². The van der Waals surface area contributed by atoms with Crippen molar-refractivity contribution in [2.45, 2.75) is 277 Å². The SMILES string of the molecule is CCCCCCCCCCCCCCCCCCCCCCCCCC(=O)OC(COCCCCCCCCCCCCCCCCCC)COP(=O)(O)OCC[N+](C)(C)C. The maximum Gasteiger partial charge on any atom is 0.472 e. The van der Waals surface area contributed by atoms with Crippen molar-refractivity contribution in [2.75, 3.05) is 54.1 Å². The maximum atomic E-state index is 12.8. The van der Waals surface area contributed by atoms with E-state index < -0.39 is 13.9 Å². The zero-order valence-electron chi connectivity index (χ0n) is 41.7. The molecule has 366 valence electrons. The zero-order valence-corrected chi connectivity index (χ0v) is 42.6. The molecule has 0 aliphatic heterocycles. The van der Waals surface area contributed by atoms with Crippen molar-refractivity contribution in [2.24, 2.45) is 0 Å². The first-order valence-electron chi connectivity index (χ1n) is 26.8. The van der Waals surface area contributed by atoms with Crippen LogP contribution in [0.2, 0.25) is 0 Å². The summed E-state index contributed by atoms with van der Waals surface area (Å²) in [7, 11) is 1.69. The van der Waals surface area contributed by atoms with Crippen LogP contribution >= 0.6 is 7.82 Å². The molecule has 0 aliphatic carbocycles. The number of nitrogens with zero attached hydrogens (tertiary/aromatic N) is 1. The van der Waals surface area contributed by atoms with Gasteiger partial charge >= 0.3 is 13.8 Å². The van der Waals surface area contributed by atoms with Gasteiger partial charge in [0.15, 0.2) is 0 Å². The number of quaternary nitrogens is 1. The topological polar surface area (TPSA) is 91.3 Å². The molecule has 0 heterocycles. The summed E-state index contributed by atoms with van der Waals surface area (Å²) in [5.41, 5.74) is 0. The van der Waals surface area contributed by atoms with Crippen LogP contribution in [0.4, 0.5) is 0 Å². The first kappa shape index (κ1) is 60.5. The van der Waals surface area contributed by atoms with E-state index in [-0.39, 0.29) is 25.8 Å². The van der Waals surface area contributed by atoms with Gasteiger partial charge in [0.25, 0.3) is 0 Å². The number of hydrogen-bond acceptors (Lipinski definition) is 6. The number of rotatable bonds is 51. The fourth-order valence-corrected chi connectivity index (χ4v) is 8.77. The molecule has 8 nitrogen and oxygen atoms in total. The van der Waals surface area contributed by atoms with Crippen molar-refractivity contribution in [3.8, 4) is 0 Å². The van der Waals surface area contributed by atoms with Gasteiger partial charge in [-0.15, -0.1) is 0 Å². The van der Waals surface area contributed by atoms with Gasteiger partial charge in [-0.05, 0) is 12.8 Å². The zero-order chi connectivity index (χ0) is 44.8. The molecule has 0 spiro atoms. The van der Waals surface area contributed by atoms with Crippen LogP contribution in [0.15, 0.2) is 0 Å². The molecule has 9 heteroatoms. The van der Waals surface area contributed by atoms with Crippen LogP contribution in [0.5, 0.6) is 0 Å². The Labute approximate surface area is 380 Å². The third-order valence-corrected chi connectivity index (χ3v) is 13.2. The van der Waals surface area contributed by atoms with Crippen LogP contribution in [0.1, 0.15) is 271 Å². The van der Waals surface area contributed by atoms with Crippen molar-refractivity contribution < 1.29 is 37.3 Å². The quantitative estimate of drug-likeness (QED) is 0.0281. The van der Waals surface area contributed by atoms with Gasteiger partial charge in [-0.1, -0.05) is 251 Å². The van der Waals surface area contributed by atoms with E-state index in [4.69, 9.17) is 18.5 Å². The van der Waals surface area contributed by atoms with Gasteiger partial charge in [0, 0.05) is 13.0 Å². The Kier molecular flexibility index (Phi) is 45.7. The van der Waals surface area contributed by atoms with Crippen molar-refractivity contribution in [3.63, 3.8) is 0 Å². The molecule has 0 saturated heterocycles. The molecule has 0 amide bonds. The van der Waals surface area contributed by atoms with Crippen molar-refractivity contribution in [3.05, 3.63) is 0 Å². The molecular formula is C52H107NO7P+. The summed E-state index contributed by atoms with van der Waals surface area (Å²) >= 11 is 0. The lowest BCUT2D eigenvalue weighted by molar-refractivity contribution is -0.870. The molecule has 0 saturated carbocycles. The normalized spacial score (nSPS) is 13.5. The monoisotopic (exact) mass is 889 g/mol. The molecule has 1 N–H and O–H groups in total. The van der Waals surface area contributed by atoms with Crippen LogP contribution in [0.25, 0.3) is 0 Å². The number of carbonyl (C=O) groups excluding carboxylic acids is 1. The van der Waals surface area contributed by atoms with E-state index in [0.717, 1.165) is 32.1 Å². The third kappa shape index (κ3) is 50.4. The average Bonchev–Trinajstić information content (AvgIpc) is 3.22. The Morgan fingerprint density at radius 3 is 1.08 bits per heavy atom. The van der Waals surface area contributed by atoms with E-state index in [1.807, 2.05) is 21.1 Å². The van der Waals surface area contributed by atoms with Crippen LogP contribution in [-0.4, -0.2) is 75.6 Å². The number of esters is 1. The van der Waals surface area contributed by atoms with E-state index in [0.29, 0.717) is 24.1 Å². The molecule has 0 radical (unpaired) electrons. The highest BCUT2D eigenvalue weighted by molar-refractivity contribution is 7.47. The van der Waals surface area contributed by atoms with E-state index in [9.17, 15) is 14.3 Å². The minimum Gasteiger partial charge on any atom is -0.457 e. The smallest absolute Gasteiger partial charge is 0.457 e. The number of ether oxygens (including phenoxy) is 2. The van der Waals surface area contributed by atoms with Crippen LogP contribution in [0.3, 0.4) is 0 Å². The van der Waals surface area contributed by atoms with Gasteiger partial charge in [-0.2, -0.15) is 0 Å². The minimum atomic E-state index is -4.27. The fourth-order valence-electron chi connectivity index (χ4n) is 8.03. The van der Waals surface area contributed by atoms with E-state index in [2.05, 4.69) is 13.8 Å². The molecule has 0 rings (SSSR count). The second-order valence-electron chi connectivity index (χ2n) is 19.6. The molecule has 0 bridgehead atoms. The Balaban J connectivity index is 4.03. The number of phosphoric acid groups is 1. The highest BCUT2D eigenvalue weighted by atomic mass is 31.2. The molecule has 0 aromatic carbocycles. The second-order valence-corrected chi connectivity index (χ2v) is 21.1. The Morgan fingerprint density at radius 2 is 0.754 bits per heavy atom. The lowest BCUT2D eigenvalue weighted by Crippen LogP contribution is -2.37. The predicted octanol–water partition coefficient (Wildman–Crippen LogP) is 16.4. The molecular weight excluding hydrogens is 782 g/mol. The largest absolute Gasteiger partial charge is 0.472 e. The maximum absolute atomic E-state index is 12.8. The fraction of sp³-hybridized carbons (Fsp3) is 0.981. The first-order valence-corrected chi connectivity index (χ1v) is 28.3. The molecule has 0 aromatic heterocycles. The number of likely N-dealkylation sites (N-methyl/N-ethyl adjacent to an activating group) is 1.